The summed E-state index contributed by atoms with van der Waals surface area (Å²) in [5.41, 5.74) is 5.12. The van der Waals surface area contributed by atoms with E-state index in [4.69, 9.17) is 5.73 Å². The Morgan fingerprint density at radius 2 is 1.78 bits per heavy atom. The second kappa shape index (κ2) is 9.15. The second-order valence-corrected chi connectivity index (χ2v) is 11.9. The van der Waals surface area contributed by atoms with Gasteiger partial charge in [-0.2, -0.15) is 0 Å². The molecular formula is C29H35NO7. The maximum atomic E-state index is 13.9. The number of phenolic OH excluding ortho intramolecular Hbond substituents is 1. The third-order valence-electron chi connectivity index (χ3n) is 9.43. The van der Waals surface area contributed by atoms with Crippen LogP contribution < -0.4 is 5.73 Å². The molecule has 3 fully saturated rings. The molecule has 4 aliphatic carbocycles. The van der Waals surface area contributed by atoms with Crippen molar-refractivity contribution >= 4 is 29.0 Å². The van der Waals surface area contributed by atoms with E-state index in [1.54, 1.807) is 0 Å². The summed E-state index contributed by atoms with van der Waals surface area (Å²) in [7, 11) is 0. The number of amides is 1. The van der Waals surface area contributed by atoms with Crippen LogP contribution in [0.4, 0.5) is 0 Å². The number of primary amides is 1. The number of carbonyl (C=O) groups is 5. The lowest BCUT2D eigenvalue weighted by Crippen LogP contribution is -2.68. The number of hydrogen-bond donors (Lipinski definition) is 3. The highest BCUT2D eigenvalue weighted by atomic mass is 16.3. The molecule has 4 aliphatic rings. The average molecular weight is 510 g/mol. The van der Waals surface area contributed by atoms with Gasteiger partial charge in [0.2, 0.25) is 5.91 Å². The molecule has 198 valence electrons. The maximum absolute atomic E-state index is 13.9. The minimum absolute atomic E-state index is 0.0781. The molecule has 5 atom stereocenters. The second-order valence-electron chi connectivity index (χ2n) is 11.9. The number of benzene rings is 1. The van der Waals surface area contributed by atoms with Gasteiger partial charge in [0.05, 0.1) is 11.5 Å². The lowest BCUT2D eigenvalue weighted by molar-refractivity contribution is -0.175. The van der Waals surface area contributed by atoms with Crippen LogP contribution in [0.1, 0.15) is 91.8 Å². The van der Waals surface area contributed by atoms with E-state index < -0.39 is 58.3 Å². The van der Waals surface area contributed by atoms with Crippen molar-refractivity contribution in [3.63, 3.8) is 0 Å². The van der Waals surface area contributed by atoms with Gasteiger partial charge in [-0.3, -0.25) is 24.0 Å². The van der Waals surface area contributed by atoms with Crippen LogP contribution in [0, 0.1) is 29.6 Å². The predicted molar refractivity (Wildman–Crippen MR) is 133 cm³/mol. The number of hydrogen-bond acceptors (Lipinski definition) is 7. The fourth-order valence-corrected chi connectivity index (χ4v) is 7.49. The number of ketones is 4. The number of aliphatic hydroxyl groups is 1. The van der Waals surface area contributed by atoms with E-state index in [1.165, 1.54) is 25.7 Å². The van der Waals surface area contributed by atoms with Crippen LogP contribution in [0.2, 0.25) is 0 Å². The SMILES string of the molecule is CC(C)c1cc(CCC2CCCC2)c(O)c2c1C[C@H]1C[C@H]3CC(=O)C(C(N)=O)C(=O)[C@@]3(O)C(=O)C1C2=O. The summed E-state index contributed by atoms with van der Waals surface area (Å²) >= 11 is 0. The normalized spacial score (nSPS) is 31.9. The molecule has 8 heteroatoms. The first-order valence-corrected chi connectivity index (χ1v) is 13.5. The maximum Gasteiger partial charge on any atom is 0.235 e. The molecule has 4 N–H and O–H groups in total. The van der Waals surface area contributed by atoms with Gasteiger partial charge >= 0.3 is 0 Å². The number of nitrogens with two attached hydrogens (primary N) is 1. The van der Waals surface area contributed by atoms with Gasteiger partial charge in [-0.1, -0.05) is 45.6 Å². The largest absolute Gasteiger partial charge is 0.507 e. The third kappa shape index (κ3) is 3.87. The summed E-state index contributed by atoms with van der Waals surface area (Å²) in [6.07, 6.45) is 6.43. The van der Waals surface area contributed by atoms with Crippen LogP contribution in [-0.4, -0.2) is 44.9 Å². The zero-order valence-corrected chi connectivity index (χ0v) is 21.4. The minimum atomic E-state index is -2.61. The van der Waals surface area contributed by atoms with Crippen LogP contribution in [0.3, 0.4) is 0 Å². The molecule has 1 aromatic rings. The number of Topliss-reactive ketones (excluding diaryl/α,β-unsaturated/α-hetero) is 4. The van der Waals surface area contributed by atoms with Gasteiger partial charge in [0, 0.05) is 12.3 Å². The molecule has 37 heavy (non-hydrogen) atoms. The fourth-order valence-electron chi connectivity index (χ4n) is 7.49. The van der Waals surface area contributed by atoms with Crippen molar-refractivity contribution in [2.24, 2.45) is 35.3 Å². The van der Waals surface area contributed by atoms with Crippen molar-refractivity contribution in [3.05, 3.63) is 28.3 Å². The topological polar surface area (TPSA) is 152 Å². The van der Waals surface area contributed by atoms with Gasteiger partial charge in [0.1, 0.15) is 5.75 Å². The Labute approximate surface area is 216 Å². The number of phenols is 1. The molecule has 0 saturated heterocycles. The summed E-state index contributed by atoms with van der Waals surface area (Å²) in [6.45, 7) is 4.05. The first-order chi connectivity index (χ1) is 17.5. The van der Waals surface area contributed by atoms with Crippen molar-refractivity contribution in [1.29, 1.82) is 0 Å². The van der Waals surface area contributed by atoms with E-state index in [-0.39, 0.29) is 30.1 Å². The Balaban J connectivity index is 1.55. The number of carbonyl (C=O) groups excluding carboxylic acids is 5. The first kappa shape index (κ1) is 25.8. The van der Waals surface area contributed by atoms with E-state index in [0.717, 1.165) is 12.0 Å². The van der Waals surface area contributed by atoms with Gasteiger partial charge < -0.3 is 15.9 Å². The molecule has 1 aromatic carbocycles. The Hall–Kier alpha value is -2.87. The molecule has 0 heterocycles. The summed E-state index contributed by atoms with van der Waals surface area (Å²) in [4.78, 5) is 65.0. The van der Waals surface area contributed by atoms with Gasteiger partial charge in [0.15, 0.2) is 34.7 Å². The molecule has 0 spiro atoms. The predicted octanol–water partition coefficient (Wildman–Crippen LogP) is 2.57. The van der Waals surface area contributed by atoms with Crippen LogP contribution in [0.25, 0.3) is 0 Å². The average Bonchev–Trinajstić information content (AvgIpc) is 3.34. The van der Waals surface area contributed by atoms with E-state index in [2.05, 4.69) is 0 Å². The highest BCUT2D eigenvalue weighted by molar-refractivity contribution is 6.31. The highest BCUT2D eigenvalue weighted by Crippen LogP contribution is 2.51. The Kier molecular flexibility index (Phi) is 6.37. The Bertz CT molecular complexity index is 1210. The number of rotatable bonds is 5. The van der Waals surface area contributed by atoms with Gasteiger partial charge in [-0.05, 0) is 60.1 Å². The number of aromatic hydroxyl groups is 1. The van der Waals surface area contributed by atoms with Gasteiger partial charge in [0.25, 0.3) is 0 Å². The summed E-state index contributed by atoms with van der Waals surface area (Å²) in [5, 5.41) is 22.7. The summed E-state index contributed by atoms with van der Waals surface area (Å²) in [6, 6.07) is 1.99. The molecule has 5 rings (SSSR count). The van der Waals surface area contributed by atoms with Crippen molar-refractivity contribution in [3.8, 4) is 5.75 Å². The van der Waals surface area contributed by atoms with E-state index >= 15 is 0 Å². The van der Waals surface area contributed by atoms with E-state index in [9.17, 15) is 34.2 Å². The lowest BCUT2D eigenvalue weighted by Gasteiger charge is -2.48. The molecule has 8 nitrogen and oxygen atoms in total. The molecule has 0 aliphatic heterocycles. The Morgan fingerprint density at radius 3 is 2.41 bits per heavy atom. The molecule has 2 unspecified atom stereocenters. The molecule has 1 amide bonds. The lowest BCUT2D eigenvalue weighted by atomic mass is 9.53. The van der Waals surface area contributed by atoms with Crippen molar-refractivity contribution < 1.29 is 34.2 Å². The highest BCUT2D eigenvalue weighted by Gasteiger charge is 2.66. The van der Waals surface area contributed by atoms with Crippen LogP contribution in [0.15, 0.2) is 6.07 Å². The molecule has 0 aromatic heterocycles. The molecule has 0 radical (unpaired) electrons. The van der Waals surface area contributed by atoms with Crippen molar-refractivity contribution in [1.82, 2.24) is 0 Å². The van der Waals surface area contributed by atoms with Gasteiger partial charge in [-0.15, -0.1) is 0 Å². The van der Waals surface area contributed by atoms with Crippen LogP contribution >= 0.6 is 0 Å². The summed E-state index contributed by atoms with van der Waals surface area (Å²) in [5.74, 6) is -8.86. The molecular weight excluding hydrogens is 474 g/mol. The van der Waals surface area contributed by atoms with E-state index in [0.29, 0.717) is 29.9 Å². The minimum Gasteiger partial charge on any atom is -0.507 e. The fraction of sp³-hybridized carbons (Fsp3) is 0.621. The van der Waals surface area contributed by atoms with Crippen LogP contribution in [0.5, 0.6) is 5.75 Å². The zero-order chi connectivity index (χ0) is 26.8. The zero-order valence-electron chi connectivity index (χ0n) is 21.4. The smallest absolute Gasteiger partial charge is 0.235 e. The van der Waals surface area contributed by atoms with E-state index in [1.807, 2.05) is 19.9 Å². The number of aryl methyl sites for hydroxylation is 1. The third-order valence-corrected chi connectivity index (χ3v) is 9.43. The Morgan fingerprint density at radius 1 is 1.11 bits per heavy atom. The molecule has 0 bridgehead atoms. The number of fused-ring (bicyclic) bond motifs is 3. The standard InChI is InChI=1S/C29H35NO7/c1-13(2)18-10-15(8-7-14-5-3-4-6-14)24(32)22-19(18)11-16-9-17-12-20(31)23(28(30)36)27(35)29(17,37)26(34)21(16)25(22)33/h10,13-14,16-17,21,23,32,37H,3-9,11-12H2,1-2H3,(H2,30,36)/t16-,17+,21?,23?,29+/m1/s1. The summed E-state index contributed by atoms with van der Waals surface area (Å²) < 4.78 is 0. The van der Waals surface area contributed by atoms with Gasteiger partial charge in [-0.25, -0.2) is 0 Å². The molecule has 3 saturated carbocycles. The van der Waals surface area contributed by atoms with Crippen molar-refractivity contribution in [2.75, 3.05) is 0 Å². The first-order valence-electron chi connectivity index (χ1n) is 13.5. The van der Waals surface area contributed by atoms with Crippen LogP contribution in [-0.2, 0) is 32.0 Å². The quantitative estimate of drug-likeness (QED) is 0.516. The van der Waals surface area contributed by atoms with Crippen molar-refractivity contribution in [2.45, 2.75) is 83.2 Å². The monoisotopic (exact) mass is 509 g/mol.